The third-order valence-electron chi connectivity index (χ3n) is 6.64. The molecular weight excluding hydrogens is 390 g/mol. The van der Waals surface area contributed by atoms with Crippen molar-refractivity contribution in [2.45, 2.75) is 69.5 Å². The fraction of sp³-hybridized carbons (Fsp3) is 0.520. The average Bonchev–Trinajstić information content (AvgIpc) is 3.55. The van der Waals surface area contributed by atoms with E-state index in [4.69, 9.17) is 4.42 Å². The maximum Gasteiger partial charge on any atom is 0.290 e. The quantitative estimate of drug-likeness (QED) is 0.711. The van der Waals surface area contributed by atoms with Gasteiger partial charge in [-0.05, 0) is 55.5 Å². The van der Waals surface area contributed by atoms with E-state index >= 15 is 0 Å². The van der Waals surface area contributed by atoms with Gasteiger partial charge in [0.05, 0.1) is 6.26 Å². The monoisotopic (exact) mass is 423 g/mol. The van der Waals surface area contributed by atoms with Crippen LogP contribution in [0.5, 0.6) is 0 Å². The molecule has 0 radical (unpaired) electrons. The zero-order chi connectivity index (χ0) is 21.8. The summed E-state index contributed by atoms with van der Waals surface area (Å²) in [7, 11) is 3.98. The van der Waals surface area contributed by atoms with E-state index < -0.39 is 6.04 Å². The number of nitrogens with zero attached hydrogens (tertiary/aromatic N) is 2. The molecule has 6 heteroatoms. The van der Waals surface area contributed by atoms with Gasteiger partial charge < -0.3 is 19.5 Å². The molecule has 1 aromatic carbocycles. The van der Waals surface area contributed by atoms with E-state index in [0.717, 1.165) is 62.6 Å². The Morgan fingerprint density at radius 3 is 2.19 bits per heavy atom. The lowest BCUT2D eigenvalue weighted by atomic mass is 9.99. The van der Waals surface area contributed by atoms with Gasteiger partial charge in [-0.25, -0.2) is 0 Å². The number of rotatable bonds is 7. The molecule has 166 valence electrons. The summed E-state index contributed by atoms with van der Waals surface area (Å²) in [4.78, 5) is 31.0. The minimum Gasteiger partial charge on any atom is -0.459 e. The Bertz CT molecular complexity index is 864. The van der Waals surface area contributed by atoms with E-state index in [-0.39, 0.29) is 29.7 Å². The topological polar surface area (TPSA) is 65.8 Å². The normalized spacial score (nSPS) is 18.1. The minimum absolute atomic E-state index is 0.0328. The van der Waals surface area contributed by atoms with Gasteiger partial charge in [0.2, 0.25) is 5.91 Å². The maximum atomic E-state index is 13.6. The van der Waals surface area contributed by atoms with Crippen LogP contribution in [0, 0.1) is 0 Å². The summed E-state index contributed by atoms with van der Waals surface area (Å²) in [5.41, 5.74) is 1.90. The molecule has 0 spiro atoms. The predicted molar refractivity (Wildman–Crippen MR) is 121 cm³/mol. The average molecular weight is 424 g/mol. The number of amides is 2. The van der Waals surface area contributed by atoms with Crippen LogP contribution < -0.4 is 10.2 Å². The number of hydrogen-bond acceptors (Lipinski definition) is 4. The van der Waals surface area contributed by atoms with Crippen LogP contribution in [-0.4, -0.2) is 42.9 Å². The number of carbonyl (C=O) groups excluding carboxylic acids is 2. The lowest BCUT2D eigenvalue weighted by Gasteiger charge is -2.36. The van der Waals surface area contributed by atoms with Crippen molar-refractivity contribution in [2.75, 3.05) is 19.0 Å². The van der Waals surface area contributed by atoms with Crippen molar-refractivity contribution in [1.29, 1.82) is 0 Å². The first-order valence-corrected chi connectivity index (χ1v) is 11.5. The third-order valence-corrected chi connectivity index (χ3v) is 6.64. The van der Waals surface area contributed by atoms with E-state index in [1.165, 1.54) is 6.26 Å². The van der Waals surface area contributed by atoms with Gasteiger partial charge in [0.1, 0.15) is 6.04 Å². The van der Waals surface area contributed by atoms with E-state index in [2.05, 4.69) is 5.32 Å². The molecule has 2 aliphatic carbocycles. The first-order valence-electron chi connectivity index (χ1n) is 11.5. The summed E-state index contributed by atoms with van der Waals surface area (Å²) in [5.74, 6) is -0.00746. The van der Waals surface area contributed by atoms with Crippen molar-refractivity contribution in [3.05, 3.63) is 54.0 Å². The predicted octanol–water partition coefficient (Wildman–Crippen LogP) is 4.53. The van der Waals surface area contributed by atoms with Crippen LogP contribution in [0.1, 0.15) is 73.5 Å². The van der Waals surface area contributed by atoms with Crippen molar-refractivity contribution in [3.63, 3.8) is 0 Å². The molecule has 31 heavy (non-hydrogen) atoms. The first-order chi connectivity index (χ1) is 15.0. The molecule has 1 unspecified atom stereocenters. The molecular formula is C25H33N3O3. The van der Waals surface area contributed by atoms with Gasteiger partial charge in [0, 0.05) is 31.9 Å². The Hall–Kier alpha value is -2.76. The molecule has 1 aromatic heterocycles. The lowest BCUT2D eigenvalue weighted by molar-refractivity contribution is -0.127. The summed E-state index contributed by atoms with van der Waals surface area (Å²) in [6.07, 6.45) is 9.79. The van der Waals surface area contributed by atoms with Crippen molar-refractivity contribution >= 4 is 17.5 Å². The smallest absolute Gasteiger partial charge is 0.290 e. The Labute approximate surface area is 184 Å². The lowest BCUT2D eigenvalue weighted by Crippen LogP contribution is -2.49. The van der Waals surface area contributed by atoms with Crippen molar-refractivity contribution in [3.8, 4) is 0 Å². The molecule has 0 aliphatic heterocycles. The number of furan rings is 1. The fourth-order valence-corrected chi connectivity index (χ4v) is 4.95. The Morgan fingerprint density at radius 2 is 1.61 bits per heavy atom. The zero-order valence-corrected chi connectivity index (χ0v) is 18.5. The van der Waals surface area contributed by atoms with Crippen molar-refractivity contribution in [1.82, 2.24) is 10.2 Å². The van der Waals surface area contributed by atoms with Crippen molar-refractivity contribution < 1.29 is 14.0 Å². The molecule has 2 fully saturated rings. The van der Waals surface area contributed by atoms with Gasteiger partial charge in [-0.2, -0.15) is 0 Å². The van der Waals surface area contributed by atoms with Crippen LogP contribution in [0.15, 0.2) is 47.1 Å². The van der Waals surface area contributed by atoms with Gasteiger partial charge in [0.15, 0.2) is 5.76 Å². The second-order valence-corrected chi connectivity index (χ2v) is 9.01. The van der Waals surface area contributed by atoms with Crippen LogP contribution in [0.4, 0.5) is 5.69 Å². The Morgan fingerprint density at radius 1 is 0.968 bits per heavy atom. The number of carbonyl (C=O) groups is 2. The van der Waals surface area contributed by atoms with Crippen LogP contribution in [0.2, 0.25) is 0 Å². The standard InChI is InChI=1S/C25H33N3O3/c1-27(2)20-15-13-18(14-16-20)23(24(29)26-19-8-3-4-9-19)28(21-10-5-6-11-21)25(30)22-12-7-17-31-22/h7,12-17,19,21,23H,3-6,8-11H2,1-2H3,(H,26,29). The van der Waals surface area contributed by atoms with Gasteiger partial charge in [0.25, 0.3) is 5.91 Å². The molecule has 1 atom stereocenters. The van der Waals surface area contributed by atoms with Crippen molar-refractivity contribution in [2.24, 2.45) is 0 Å². The maximum absolute atomic E-state index is 13.6. The Balaban J connectivity index is 1.71. The molecule has 6 nitrogen and oxygen atoms in total. The number of nitrogens with one attached hydrogen (secondary N) is 1. The summed E-state index contributed by atoms with van der Waals surface area (Å²) in [6, 6.07) is 10.9. The van der Waals surface area contributed by atoms with Gasteiger partial charge >= 0.3 is 0 Å². The summed E-state index contributed by atoms with van der Waals surface area (Å²) in [6.45, 7) is 0. The number of anilines is 1. The second-order valence-electron chi connectivity index (χ2n) is 9.01. The number of hydrogen-bond donors (Lipinski definition) is 1. The molecule has 2 amide bonds. The highest BCUT2D eigenvalue weighted by molar-refractivity contribution is 5.96. The zero-order valence-electron chi connectivity index (χ0n) is 18.5. The van der Waals surface area contributed by atoms with E-state index in [1.807, 2.05) is 43.3 Å². The highest BCUT2D eigenvalue weighted by atomic mass is 16.3. The van der Waals surface area contributed by atoms with Crippen LogP contribution in [0.3, 0.4) is 0 Å². The van der Waals surface area contributed by atoms with E-state index in [9.17, 15) is 9.59 Å². The van der Waals surface area contributed by atoms with E-state index in [1.54, 1.807) is 17.0 Å². The number of benzene rings is 1. The fourth-order valence-electron chi connectivity index (χ4n) is 4.95. The molecule has 4 rings (SSSR count). The molecule has 0 saturated heterocycles. The largest absolute Gasteiger partial charge is 0.459 e. The van der Waals surface area contributed by atoms with Crippen LogP contribution in [0.25, 0.3) is 0 Å². The first kappa shape index (κ1) is 21.5. The molecule has 2 saturated carbocycles. The van der Waals surface area contributed by atoms with Crippen LogP contribution >= 0.6 is 0 Å². The molecule has 2 aromatic rings. The van der Waals surface area contributed by atoms with Gasteiger partial charge in [-0.15, -0.1) is 0 Å². The summed E-state index contributed by atoms with van der Waals surface area (Å²) >= 11 is 0. The molecule has 1 N–H and O–H groups in total. The SMILES string of the molecule is CN(C)c1ccc(C(C(=O)NC2CCCC2)N(C(=O)c2ccco2)C2CCCC2)cc1. The molecule has 0 bridgehead atoms. The summed E-state index contributed by atoms with van der Waals surface area (Å²) in [5, 5.41) is 3.25. The highest BCUT2D eigenvalue weighted by Gasteiger charge is 2.39. The minimum atomic E-state index is -0.669. The van der Waals surface area contributed by atoms with E-state index in [0.29, 0.717) is 0 Å². The molecule has 1 heterocycles. The highest BCUT2D eigenvalue weighted by Crippen LogP contribution is 2.34. The molecule has 2 aliphatic rings. The van der Waals surface area contributed by atoms with Crippen LogP contribution in [-0.2, 0) is 4.79 Å². The van der Waals surface area contributed by atoms with Gasteiger partial charge in [-0.1, -0.05) is 37.8 Å². The van der Waals surface area contributed by atoms with Gasteiger partial charge in [-0.3, -0.25) is 9.59 Å². The third kappa shape index (κ3) is 4.78. The Kier molecular flexibility index (Phi) is 6.64. The summed E-state index contributed by atoms with van der Waals surface area (Å²) < 4.78 is 5.46. The second kappa shape index (κ2) is 9.58.